The van der Waals surface area contributed by atoms with Crippen LogP contribution in [0.25, 0.3) is 0 Å². The number of aliphatic hydroxyl groups is 1. The van der Waals surface area contributed by atoms with Crippen LogP contribution in [0.1, 0.15) is 20.1 Å². The van der Waals surface area contributed by atoms with E-state index in [4.69, 9.17) is 13.8 Å². The van der Waals surface area contributed by atoms with Crippen LogP contribution in [-0.4, -0.2) is 52.6 Å². The number of rotatable bonds is 9. The fourth-order valence-corrected chi connectivity index (χ4v) is 4.98. The molecule has 0 saturated carbocycles. The summed E-state index contributed by atoms with van der Waals surface area (Å²) in [4.78, 5) is 37.6. The molecule has 2 aromatic rings. The highest BCUT2D eigenvalue weighted by Gasteiger charge is 2.55. The molecule has 0 aliphatic carbocycles. The van der Waals surface area contributed by atoms with Gasteiger partial charge in [0.1, 0.15) is 29.4 Å². The maximum absolute atomic E-state index is 13.5. The van der Waals surface area contributed by atoms with Gasteiger partial charge in [-0.3, -0.25) is 23.7 Å². The molecule has 3 rings (SSSR count). The van der Waals surface area contributed by atoms with Crippen LogP contribution in [0.5, 0.6) is 5.75 Å². The Hall–Kier alpha value is -3.27. The van der Waals surface area contributed by atoms with Crippen LogP contribution in [0.15, 0.2) is 52.2 Å². The maximum Gasteiger partial charge on any atom is 0.459 e. The van der Waals surface area contributed by atoms with E-state index in [1.54, 1.807) is 18.2 Å². The number of nitriles is 1. The van der Waals surface area contributed by atoms with Gasteiger partial charge >= 0.3 is 19.4 Å². The number of benzene rings is 1. The zero-order valence-corrected chi connectivity index (χ0v) is 20.0. The molecule has 1 aromatic carbocycles. The number of carbonyl (C=O) groups excluding carboxylic acids is 1. The first-order valence-electron chi connectivity index (χ1n) is 10.4. The molecule has 14 heteroatoms. The molecule has 1 aromatic heterocycles. The molecule has 0 radical (unpaired) electrons. The van der Waals surface area contributed by atoms with Crippen molar-refractivity contribution in [1.29, 1.82) is 5.26 Å². The van der Waals surface area contributed by atoms with Gasteiger partial charge in [-0.15, -0.1) is 0 Å². The molecule has 1 aliphatic heterocycles. The summed E-state index contributed by atoms with van der Waals surface area (Å²) in [5.41, 5.74) is -3.12. The lowest BCUT2D eigenvalue weighted by molar-refractivity contribution is -0.142. The van der Waals surface area contributed by atoms with E-state index in [1.807, 2.05) is 6.07 Å². The standard InChI is InChI=1S/C21H25N4O9P/c1-13(18(28)31-3)24-35(30,34-14-7-5-4-6-8-14)32-11-15-17(27)21(2,12-22)19(33-15)25-10-9-16(26)23-20(25)29/h4-10,13,15,17,19,27H,11H2,1-3H3,(H,24,30)(H,23,26,29)/t13-,15+,17+,19+,21+,35-/m0/s1. The van der Waals surface area contributed by atoms with Crippen molar-refractivity contribution in [2.24, 2.45) is 5.41 Å². The van der Waals surface area contributed by atoms with Crippen molar-refractivity contribution in [2.75, 3.05) is 13.7 Å². The lowest BCUT2D eigenvalue weighted by atomic mass is 9.84. The van der Waals surface area contributed by atoms with Crippen molar-refractivity contribution in [3.8, 4) is 11.8 Å². The molecular weight excluding hydrogens is 483 g/mol. The first-order valence-corrected chi connectivity index (χ1v) is 12.0. The third-order valence-corrected chi connectivity index (χ3v) is 7.06. The first-order chi connectivity index (χ1) is 16.5. The van der Waals surface area contributed by atoms with Gasteiger partial charge in [0.05, 0.1) is 19.8 Å². The van der Waals surface area contributed by atoms with Crippen LogP contribution in [0, 0.1) is 16.7 Å². The molecule has 0 spiro atoms. The molecule has 0 unspecified atom stereocenters. The van der Waals surface area contributed by atoms with Gasteiger partial charge < -0.3 is 19.1 Å². The average molecular weight is 508 g/mol. The van der Waals surface area contributed by atoms with Crippen molar-refractivity contribution < 1.29 is 33.0 Å². The highest BCUT2D eigenvalue weighted by molar-refractivity contribution is 7.52. The molecule has 13 nitrogen and oxygen atoms in total. The second-order valence-electron chi connectivity index (χ2n) is 7.96. The SMILES string of the molecule is COC(=O)[C@H](C)N[P@](=O)(OC[C@H]1O[C@@H](n2ccc(=O)[nH]c2=O)[C@](C)(C#N)[C@@H]1O)Oc1ccccc1. The average Bonchev–Trinajstić information content (AvgIpc) is 3.08. The Balaban J connectivity index is 1.85. The quantitative estimate of drug-likeness (QED) is 0.320. The highest BCUT2D eigenvalue weighted by atomic mass is 31.2. The number of hydrogen-bond donors (Lipinski definition) is 3. The van der Waals surface area contributed by atoms with E-state index < -0.39 is 61.5 Å². The molecule has 1 aliphatic rings. The number of hydrogen-bond acceptors (Lipinski definition) is 10. The van der Waals surface area contributed by atoms with Crippen LogP contribution >= 0.6 is 7.75 Å². The van der Waals surface area contributed by atoms with E-state index in [9.17, 15) is 29.3 Å². The summed E-state index contributed by atoms with van der Waals surface area (Å²) in [5, 5.41) is 23.1. The number of carbonyl (C=O) groups is 1. The maximum atomic E-state index is 13.5. The lowest BCUT2D eigenvalue weighted by Crippen LogP contribution is -2.41. The minimum atomic E-state index is -4.24. The van der Waals surface area contributed by atoms with Crippen molar-refractivity contribution in [3.63, 3.8) is 0 Å². The van der Waals surface area contributed by atoms with E-state index in [0.717, 1.165) is 23.9 Å². The predicted octanol–water partition coefficient (Wildman–Crippen LogP) is 0.680. The number of ether oxygens (including phenoxy) is 2. The van der Waals surface area contributed by atoms with Crippen LogP contribution < -0.4 is 20.9 Å². The van der Waals surface area contributed by atoms with Gasteiger partial charge in [-0.25, -0.2) is 9.36 Å². The second kappa shape index (κ2) is 10.6. The number of nitrogens with zero attached hydrogens (tertiary/aromatic N) is 2. The molecule has 0 amide bonds. The van der Waals surface area contributed by atoms with Crippen molar-refractivity contribution in [2.45, 2.75) is 38.3 Å². The van der Waals surface area contributed by atoms with E-state index in [2.05, 4.69) is 14.8 Å². The van der Waals surface area contributed by atoms with Crippen LogP contribution in [0.3, 0.4) is 0 Å². The summed E-state index contributed by atoms with van der Waals surface area (Å²) in [5.74, 6) is -0.551. The number of aromatic amines is 1. The zero-order chi connectivity index (χ0) is 25.8. The number of para-hydroxylation sites is 1. The Morgan fingerprint density at radius 1 is 1.37 bits per heavy atom. The van der Waals surface area contributed by atoms with Gasteiger partial charge in [0.2, 0.25) is 0 Å². The number of H-pyrrole nitrogens is 1. The summed E-state index contributed by atoms with van der Waals surface area (Å²) < 4.78 is 35.8. The van der Waals surface area contributed by atoms with Crippen molar-refractivity contribution >= 4 is 13.7 Å². The molecule has 188 valence electrons. The van der Waals surface area contributed by atoms with Crippen molar-refractivity contribution in [1.82, 2.24) is 14.6 Å². The Morgan fingerprint density at radius 3 is 2.66 bits per heavy atom. The molecule has 1 saturated heterocycles. The summed E-state index contributed by atoms with van der Waals surface area (Å²) >= 11 is 0. The summed E-state index contributed by atoms with van der Waals surface area (Å²) in [6.45, 7) is 2.22. The van der Waals surface area contributed by atoms with Crippen molar-refractivity contribution in [3.05, 3.63) is 63.4 Å². The second-order valence-corrected chi connectivity index (χ2v) is 9.65. The van der Waals surface area contributed by atoms with Gasteiger partial charge in [0.25, 0.3) is 5.56 Å². The Kier molecular flexibility index (Phi) is 7.94. The summed E-state index contributed by atoms with van der Waals surface area (Å²) in [6, 6.07) is 9.96. The molecule has 2 heterocycles. The highest BCUT2D eigenvalue weighted by Crippen LogP contribution is 2.48. The molecule has 35 heavy (non-hydrogen) atoms. The van der Waals surface area contributed by atoms with Gasteiger partial charge in [0.15, 0.2) is 6.23 Å². The molecular formula is C21H25N4O9P. The number of nitrogens with one attached hydrogen (secondary N) is 2. The van der Waals surface area contributed by atoms with Crippen LogP contribution in [0.2, 0.25) is 0 Å². The van der Waals surface area contributed by atoms with Gasteiger partial charge in [-0.05, 0) is 26.0 Å². The largest absolute Gasteiger partial charge is 0.468 e. The van der Waals surface area contributed by atoms with Gasteiger partial charge in [0, 0.05) is 12.3 Å². The van der Waals surface area contributed by atoms with Crippen LogP contribution in [-0.2, 0) is 23.4 Å². The van der Waals surface area contributed by atoms with Gasteiger partial charge in [-0.1, -0.05) is 18.2 Å². The molecule has 1 fully saturated rings. The van der Waals surface area contributed by atoms with Gasteiger partial charge in [-0.2, -0.15) is 10.3 Å². The zero-order valence-electron chi connectivity index (χ0n) is 19.1. The number of methoxy groups -OCH3 is 1. The number of aliphatic hydroxyl groups excluding tert-OH is 1. The predicted molar refractivity (Wildman–Crippen MR) is 120 cm³/mol. The topological polar surface area (TPSA) is 182 Å². The fourth-order valence-electron chi connectivity index (χ4n) is 3.48. The normalized spacial score (nSPS) is 26.3. The summed E-state index contributed by atoms with van der Waals surface area (Å²) in [7, 11) is -3.08. The fraction of sp³-hybridized carbons (Fsp3) is 0.429. The van der Waals surface area contributed by atoms with E-state index in [-0.39, 0.29) is 5.75 Å². The summed E-state index contributed by atoms with van der Waals surface area (Å²) in [6.07, 6.45) is -2.87. The Morgan fingerprint density at radius 2 is 2.06 bits per heavy atom. The Labute approximate surface area is 199 Å². The molecule has 3 N–H and O–H groups in total. The molecule has 0 bridgehead atoms. The third-order valence-electron chi connectivity index (χ3n) is 5.41. The molecule has 6 atom stereocenters. The monoisotopic (exact) mass is 508 g/mol. The Bertz CT molecular complexity index is 1260. The number of aromatic nitrogens is 2. The third kappa shape index (κ3) is 5.70. The number of esters is 1. The first kappa shape index (κ1) is 26.3. The lowest BCUT2D eigenvalue weighted by Gasteiger charge is -2.26. The minimum absolute atomic E-state index is 0.174. The smallest absolute Gasteiger partial charge is 0.459 e. The van der Waals surface area contributed by atoms with Crippen LogP contribution in [0.4, 0.5) is 0 Å². The minimum Gasteiger partial charge on any atom is -0.468 e. The van der Waals surface area contributed by atoms with E-state index in [0.29, 0.717) is 0 Å². The van der Waals surface area contributed by atoms with E-state index in [1.165, 1.54) is 26.0 Å². The van der Waals surface area contributed by atoms with E-state index >= 15 is 0 Å².